The third kappa shape index (κ3) is 6.96. The number of thiazole rings is 1. The van der Waals surface area contributed by atoms with Crippen LogP contribution in [0.25, 0.3) is 0 Å². The van der Waals surface area contributed by atoms with Gasteiger partial charge in [0.15, 0.2) is 5.69 Å². The first-order chi connectivity index (χ1) is 19.9. The maximum Gasteiger partial charge on any atom is 0.435 e. The van der Waals surface area contributed by atoms with Crippen molar-refractivity contribution in [2.24, 2.45) is 0 Å². The van der Waals surface area contributed by atoms with Crippen molar-refractivity contribution in [3.8, 4) is 5.75 Å². The Kier molecular flexibility index (Phi) is 8.92. The SMILES string of the molecule is CCCS(=O)(=O)Oc1cccc2c1COC(c1csc(C3CCN(C(=O)Cn4nc(C(F)(F)F)cc4C)CC3)n1)OC2. The summed E-state index contributed by atoms with van der Waals surface area (Å²) >= 11 is 1.48. The van der Waals surface area contributed by atoms with E-state index in [-0.39, 0.29) is 48.8 Å². The third-order valence-electron chi connectivity index (χ3n) is 7.20. The second-order valence-electron chi connectivity index (χ2n) is 10.3. The maximum atomic E-state index is 13.0. The fraction of sp³-hybridized carbons (Fsp3) is 0.519. The molecule has 5 rings (SSSR count). The van der Waals surface area contributed by atoms with Gasteiger partial charge in [0.2, 0.25) is 12.2 Å². The van der Waals surface area contributed by atoms with E-state index in [1.54, 1.807) is 24.0 Å². The zero-order chi connectivity index (χ0) is 30.1. The lowest BCUT2D eigenvalue weighted by atomic mass is 9.97. The number of ether oxygens (including phenoxy) is 2. The number of hydrogen-bond donors (Lipinski definition) is 0. The first-order valence-corrected chi connectivity index (χ1v) is 16.0. The number of hydrogen-bond acceptors (Lipinski definition) is 9. The molecule has 3 aromatic rings. The largest absolute Gasteiger partial charge is 0.435 e. The summed E-state index contributed by atoms with van der Waals surface area (Å²) in [5, 5.41) is 6.31. The van der Waals surface area contributed by atoms with Gasteiger partial charge in [0.25, 0.3) is 0 Å². The van der Waals surface area contributed by atoms with Crippen LogP contribution in [0.4, 0.5) is 13.2 Å². The Labute approximate surface area is 245 Å². The summed E-state index contributed by atoms with van der Waals surface area (Å²) in [7, 11) is -3.71. The molecular formula is C27H31F3N4O6S2. The lowest BCUT2D eigenvalue weighted by Gasteiger charge is -2.31. The normalized spacial score (nSPS) is 18.5. The Morgan fingerprint density at radius 3 is 2.62 bits per heavy atom. The smallest absolute Gasteiger partial charge is 0.382 e. The van der Waals surface area contributed by atoms with E-state index >= 15 is 0 Å². The summed E-state index contributed by atoms with van der Waals surface area (Å²) in [6.45, 7) is 4.21. The molecule has 0 bridgehead atoms. The van der Waals surface area contributed by atoms with Gasteiger partial charge in [-0.05, 0) is 43.9 Å². The Hall–Kier alpha value is -3.01. The van der Waals surface area contributed by atoms with Crippen LogP contribution < -0.4 is 4.18 Å². The highest BCUT2D eigenvalue weighted by Crippen LogP contribution is 2.36. The van der Waals surface area contributed by atoms with Crippen molar-refractivity contribution >= 4 is 27.4 Å². The van der Waals surface area contributed by atoms with Gasteiger partial charge in [0.05, 0.1) is 24.0 Å². The van der Waals surface area contributed by atoms with Crippen LogP contribution in [-0.2, 0) is 50.3 Å². The van der Waals surface area contributed by atoms with E-state index in [1.165, 1.54) is 18.3 Å². The van der Waals surface area contributed by atoms with Crippen molar-refractivity contribution in [1.82, 2.24) is 19.7 Å². The average Bonchev–Trinajstić information content (AvgIpc) is 3.50. The number of rotatable bonds is 8. The molecule has 0 radical (unpaired) electrons. The number of piperidine rings is 1. The summed E-state index contributed by atoms with van der Waals surface area (Å²) in [5.41, 5.74) is 1.26. The van der Waals surface area contributed by atoms with Crippen LogP contribution in [0.1, 0.15) is 71.6 Å². The number of amides is 1. The molecule has 1 atom stereocenters. The lowest BCUT2D eigenvalue weighted by molar-refractivity contribution is -0.155. The fourth-order valence-corrected chi connectivity index (χ4v) is 6.97. The lowest BCUT2D eigenvalue weighted by Crippen LogP contribution is -2.40. The average molecular weight is 629 g/mol. The molecule has 0 N–H and O–H groups in total. The number of fused-ring (bicyclic) bond motifs is 1. The monoisotopic (exact) mass is 628 g/mol. The first-order valence-electron chi connectivity index (χ1n) is 13.5. The first kappa shape index (κ1) is 30.4. The molecule has 2 aromatic heterocycles. The van der Waals surface area contributed by atoms with Crippen LogP contribution in [0.5, 0.6) is 5.75 Å². The van der Waals surface area contributed by atoms with Gasteiger partial charge < -0.3 is 18.6 Å². The van der Waals surface area contributed by atoms with Crippen molar-refractivity contribution in [2.45, 2.75) is 71.3 Å². The van der Waals surface area contributed by atoms with Gasteiger partial charge in [-0.3, -0.25) is 9.48 Å². The topological polar surface area (TPSA) is 113 Å². The third-order valence-corrected chi connectivity index (χ3v) is 9.57. The molecule has 228 valence electrons. The number of halogens is 3. The van der Waals surface area contributed by atoms with Gasteiger partial charge in [0.1, 0.15) is 18.0 Å². The van der Waals surface area contributed by atoms with Gasteiger partial charge in [-0.1, -0.05) is 19.1 Å². The number of alkyl halides is 3. The minimum absolute atomic E-state index is 0.0852. The molecule has 15 heteroatoms. The van der Waals surface area contributed by atoms with Crippen LogP contribution in [0, 0.1) is 6.92 Å². The molecule has 1 unspecified atom stereocenters. The van der Waals surface area contributed by atoms with Crippen molar-refractivity contribution in [1.29, 1.82) is 0 Å². The number of nitrogens with zero attached hydrogens (tertiary/aromatic N) is 4. The Balaban J connectivity index is 1.17. The highest BCUT2D eigenvalue weighted by Gasteiger charge is 2.35. The molecule has 2 aliphatic rings. The van der Waals surface area contributed by atoms with E-state index in [2.05, 4.69) is 5.10 Å². The van der Waals surface area contributed by atoms with Crippen molar-refractivity contribution < 1.29 is 40.0 Å². The van der Waals surface area contributed by atoms with Crippen molar-refractivity contribution in [3.05, 3.63) is 62.9 Å². The predicted molar refractivity (Wildman–Crippen MR) is 146 cm³/mol. The van der Waals surface area contributed by atoms with Crippen LogP contribution >= 0.6 is 11.3 Å². The second kappa shape index (κ2) is 12.3. The zero-order valence-corrected chi connectivity index (χ0v) is 24.7. The van der Waals surface area contributed by atoms with Crippen LogP contribution in [0.15, 0.2) is 29.6 Å². The minimum atomic E-state index is -4.56. The minimum Gasteiger partial charge on any atom is -0.382 e. The van der Waals surface area contributed by atoms with E-state index in [0.717, 1.165) is 21.3 Å². The number of likely N-dealkylation sites (tertiary alicyclic amines) is 1. The van der Waals surface area contributed by atoms with Crippen LogP contribution in [0.2, 0.25) is 0 Å². The van der Waals surface area contributed by atoms with Gasteiger partial charge >= 0.3 is 16.3 Å². The van der Waals surface area contributed by atoms with Crippen LogP contribution in [-0.4, -0.2) is 52.8 Å². The van der Waals surface area contributed by atoms with Crippen molar-refractivity contribution in [2.75, 3.05) is 18.8 Å². The molecule has 1 fully saturated rings. The second-order valence-corrected chi connectivity index (χ2v) is 12.9. The molecule has 4 heterocycles. The molecule has 1 saturated heterocycles. The van der Waals surface area contributed by atoms with E-state index in [1.807, 2.05) is 11.4 Å². The summed E-state index contributed by atoms with van der Waals surface area (Å²) in [6, 6.07) is 6.09. The molecule has 42 heavy (non-hydrogen) atoms. The predicted octanol–water partition coefficient (Wildman–Crippen LogP) is 4.94. The number of benzene rings is 1. The van der Waals surface area contributed by atoms with Gasteiger partial charge in [-0.2, -0.15) is 26.7 Å². The molecule has 0 spiro atoms. The maximum absolute atomic E-state index is 13.0. The fourth-order valence-electron chi connectivity index (χ4n) is 4.97. The number of carbonyl (C=O) groups is 1. The van der Waals surface area contributed by atoms with Gasteiger partial charge in [-0.15, -0.1) is 11.3 Å². The molecule has 10 nitrogen and oxygen atoms in total. The molecule has 1 aromatic carbocycles. The Morgan fingerprint density at radius 2 is 1.93 bits per heavy atom. The Morgan fingerprint density at radius 1 is 1.19 bits per heavy atom. The van der Waals surface area contributed by atoms with E-state index < -0.39 is 28.3 Å². The van der Waals surface area contributed by atoms with Gasteiger partial charge in [0, 0.05) is 35.6 Å². The highest BCUT2D eigenvalue weighted by atomic mass is 32.2. The molecule has 1 amide bonds. The molecular weight excluding hydrogens is 597 g/mol. The van der Waals surface area contributed by atoms with E-state index in [0.29, 0.717) is 43.6 Å². The molecule has 0 aliphatic carbocycles. The standard InChI is InChI=1S/C27H31F3N4O6S2/c1-3-11-42(36,37)40-22-6-4-5-19-14-38-26(39-15-20(19)22)21-16-41-25(31-21)18-7-9-33(10-8-18)24(35)13-34-17(2)12-23(32-34)27(28,29)30/h4-6,12,16,18,26H,3,7-11,13-15H2,1-2H3. The summed E-state index contributed by atoms with van der Waals surface area (Å²) < 4.78 is 81.7. The Bertz CT molecular complexity index is 1530. The highest BCUT2D eigenvalue weighted by molar-refractivity contribution is 7.87. The van der Waals surface area contributed by atoms with Gasteiger partial charge in [-0.25, -0.2) is 4.98 Å². The summed E-state index contributed by atoms with van der Waals surface area (Å²) in [4.78, 5) is 19.2. The summed E-state index contributed by atoms with van der Waals surface area (Å²) in [6.07, 6.45) is -3.54. The molecule has 0 saturated carbocycles. The number of carbonyl (C=O) groups excluding carboxylic acids is 1. The molecule has 2 aliphatic heterocycles. The zero-order valence-electron chi connectivity index (χ0n) is 23.1. The van der Waals surface area contributed by atoms with Crippen LogP contribution in [0.3, 0.4) is 0 Å². The van der Waals surface area contributed by atoms with Crippen molar-refractivity contribution in [3.63, 3.8) is 0 Å². The van der Waals surface area contributed by atoms with E-state index in [4.69, 9.17) is 18.6 Å². The number of aromatic nitrogens is 3. The summed E-state index contributed by atoms with van der Waals surface area (Å²) in [5.74, 6) is -0.0197. The number of aryl methyl sites for hydroxylation is 1. The van der Waals surface area contributed by atoms with E-state index in [9.17, 15) is 26.4 Å². The quantitative estimate of drug-likeness (QED) is 0.323.